The Hall–Kier alpha value is -1.46. The van der Waals surface area contributed by atoms with Crippen molar-refractivity contribution in [3.05, 3.63) is 57.8 Å². The molecule has 0 saturated heterocycles. The SMILES string of the molecule is Cc1ccc(Br)c(-n2c(CCl)nc3ccc(F)c(F)c32)c1. The minimum Gasteiger partial charge on any atom is -0.291 e. The van der Waals surface area contributed by atoms with Gasteiger partial charge in [-0.05, 0) is 52.7 Å². The van der Waals surface area contributed by atoms with Crippen LogP contribution in [0, 0.1) is 18.6 Å². The van der Waals surface area contributed by atoms with Crippen molar-refractivity contribution in [3.8, 4) is 5.69 Å². The number of aryl methyl sites for hydroxylation is 1. The summed E-state index contributed by atoms with van der Waals surface area (Å²) >= 11 is 9.36. The van der Waals surface area contributed by atoms with Gasteiger partial charge in [0, 0.05) is 4.47 Å². The third-order valence-electron chi connectivity index (χ3n) is 3.24. The molecule has 1 heterocycles. The zero-order valence-electron chi connectivity index (χ0n) is 11.0. The minimum absolute atomic E-state index is 0.0934. The Morgan fingerprint density at radius 2 is 2.00 bits per heavy atom. The van der Waals surface area contributed by atoms with E-state index in [-0.39, 0.29) is 11.4 Å². The molecule has 21 heavy (non-hydrogen) atoms. The maximum Gasteiger partial charge on any atom is 0.185 e. The maximum absolute atomic E-state index is 14.2. The second kappa shape index (κ2) is 5.39. The molecule has 0 bridgehead atoms. The molecule has 0 atom stereocenters. The van der Waals surface area contributed by atoms with Crippen LogP contribution in [-0.4, -0.2) is 9.55 Å². The Morgan fingerprint density at radius 1 is 1.24 bits per heavy atom. The first kappa shape index (κ1) is 14.5. The number of benzene rings is 2. The van der Waals surface area contributed by atoms with E-state index in [1.165, 1.54) is 6.07 Å². The number of halogens is 4. The minimum atomic E-state index is -0.926. The molecule has 3 rings (SSSR count). The van der Waals surface area contributed by atoms with Crippen molar-refractivity contribution in [1.82, 2.24) is 9.55 Å². The molecule has 0 aliphatic rings. The molecular formula is C15H10BrClF2N2. The van der Waals surface area contributed by atoms with E-state index in [0.717, 1.165) is 16.1 Å². The average molecular weight is 372 g/mol. The summed E-state index contributed by atoms with van der Waals surface area (Å²) in [6, 6.07) is 8.16. The van der Waals surface area contributed by atoms with Crippen LogP contribution in [0.1, 0.15) is 11.4 Å². The van der Waals surface area contributed by atoms with Crippen LogP contribution in [0.15, 0.2) is 34.8 Å². The summed E-state index contributed by atoms with van der Waals surface area (Å²) in [6.45, 7) is 1.92. The number of nitrogens with zero attached hydrogens (tertiary/aromatic N) is 2. The molecule has 6 heteroatoms. The average Bonchev–Trinajstić information content (AvgIpc) is 2.84. The number of hydrogen-bond donors (Lipinski definition) is 0. The molecule has 0 saturated carbocycles. The predicted molar refractivity (Wildman–Crippen MR) is 83.0 cm³/mol. The van der Waals surface area contributed by atoms with E-state index in [9.17, 15) is 8.78 Å². The topological polar surface area (TPSA) is 17.8 Å². The van der Waals surface area contributed by atoms with Crippen LogP contribution in [-0.2, 0) is 5.88 Å². The summed E-state index contributed by atoms with van der Waals surface area (Å²) in [6.07, 6.45) is 0. The van der Waals surface area contributed by atoms with E-state index < -0.39 is 11.6 Å². The molecule has 0 radical (unpaired) electrons. The number of hydrogen-bond acceptors (Lipinski definition) is 1. The Kier molecular flexibility index (Phi) is 3.71. The van der Waals surface area contributed by atoms with Crippen LogP contribution >= 0.6 is 27.5 Å². The summed E-state index contributed by atoms with van der Waals surface area (Å²) in [5.41, 5.74) is 2.14. The monoisotopic (exact) mass is 370 g/mol. The molecule has 2 aromatic carbocycles. The van der Waals surface area contributed by atoms with Crippen molar-refractivity contribution in [2.24, 2.45) is 0 Å². The Morgan fingerprint density at radius 3 is 2.71 bits per heavy atom. The maximum atomic E-state index is 14.2. The summed E-state index contributed by atoms with van der Waals surface area (Å²) in [4.78, 5) is 4.28. The van der Waals surface area contributed by atoms with Crippen molar-refractivity contribution in [2.75, 3.05) is 0 Å². The fourth-order valence-electron chi connectivity index (χ4n) is 2.29. The Labute approximate surface area is 133 Å². The predicted octanol–water partition coefficient (Wildman–Crippen LogP) is 5.11. The standard InChI is InChI=1S/C15H10BrClF2N2/c1-8-2-3-9(16)12(6-8)21-13(7-17)20-11-5-4-10(18)14(19)15(11)21/h2-6H,7H2,1H3. The largest absolute Gasteiger partial charge is 0.291 e. The van der Waals surface area contributed by atoms with Crippen LogP contribution in [0.2, 0.25) is 0 Å². The lowest BCUT2D eigenvalue weighted by Gasteiger charge is -2.11. The van der Waals surface area contributed by atoms with E-state index in [0.29, 0.717) is 17.0 Å². The van der Waals surface area contributed by atoms with Gasteiger partial charge in [-0.1, -0.05) is 6.07 Å². The van der Waals surface area contributed by atoms with Crippen LogP contribution in [0.5, 0.6) is 0 Å². The number of fused-ring (bicyclic) bond motifs is 1. The van der Waals surface area contributed by atoms with Crippen molar-refractivity contribution in [3.63, 3.8) is 0 Å². The molecule has 0 unspecified atom stereocenters. The molecule has 1 aromatic heterocycles. The number of aromatic nitrogens is 2. The van der Waals surface area contributed by atoms with Gasteiger partial charge in [-0.25, -0.2) is 13.8 Å². The zero-order chi connectivity index (χ0) is 15.1. The fraction of sp³-hybridized carbons (Fsp3) is 0.133. The lowest BCUT2D eigenvalue weighted by Crippen LogP contribution is -2.02. The first-order chi connectivity index (χ1) is 10.0. The molecular weight excluding hydrogens is 362 g/mol. The van der Waals surface area contributed by atoms with E-state index in [2.05, 4.69) is 20.9 Å². The summed E-state index contributed by atoms with van der Waals surface area (Å²) in [5, 5.41) is 0. The van der Waals surface area contributed by atoms with Gasteiger partial charge in [0.25, 0.3) is 0 Å². The van der Waals surface area contributed by atoms with Crippen LogP contribution in [0.25, 0.3) is 16.7 Å². The van der Waals surface area contributed by atoms with E-state index in [1.54, 1.807) is 4.57 Å². The van der Waals surface area contributed by atoms with Gasteiger partial charge in [-0.2, -0.15) is 0 Å². The van der Waals surface area contributed by atoms with Crippen LogP contribution in [0.4, 0.5) is 8.78 Å². The highest BCUT2D eigenvalue weighted by Gasteiger charge is 2.19. The van der Waals surface area contributed by atoms with E-state index >= 15 is 0 Å². The second-order valence-electron chi connectivity index (χ2n) is 4.68. The van der Waals surface area contributed by atoms with E-state index in [1.807, 2.05) is 25.1 Å². The highest BCUT2D eigenvalue weighted by atomic mass is 79.9. The molecule has 2 nitrogen and oxygen atoms in total. The fourth-order valence-corrected chi connectivity index (χ4v) is 2.90. The van der Waals surface area contributed by atoms with Crippen molar-refractivity contribution in [2.45, 2.75) is 12.8 Å². The summed E-state index contributed by atoms with van der Waals surface area (Å²) in [5.74, 6) is -1.28. The highest BCUT2D eigenvalue weighted by Crippen LogP contribution is 2.30. The van der Waals surface area contributed by atoms with Gasteiger partial charge < -0.3 is 0 Å². The highest BCUT2D eigenvalue weighted by molar-refractivity contribution is 9.10. The molecule has 0 aliphatic carbocycles. The van der Waals surface area contributed by atoms with Crippen LogP contribution < -0.4 is 0 Å². The molecule has 0 spiro atoms. The molecule has 0 N–H and O–H groups in total. The van der Waals surface area contributed by atoms with E-state index in [4.69, 9.17) is 11.6 Å². The number of rotatable bonds is 2. The first-order valence-electron chi connectivity index (χ1n) is 6.20. The molecule has 108 valence electrons. The Bertz CT molecular complexity index is 845. The van der Waals surface area contributed by atoms with Crippen LogP contribution in [0.3, 0.4) is 0 Å². The van der Waals surface area contributed by atoms with Crippen molar-refractivity contribution >= 4 is 38.6 Å². The number of imidazole rings is 1. The quantitative estimate of drug-likeness (QED) is 0.572. The van der Waals surface area contributed by atoms with Gasteiger partial charge in [0.05, 0.1) is 17.1 Å². The number of alkyl halides is 1. The van der Waals surface area contributed by atoms with Gasteiger partial charge >= 0.3 is 0 Å². The molecule has 0 amide bonds. The summed E-state index contributed by atoms with van der Waals surface area (Å²) in [7, 11) is 0. The third-order valence-corrected chi connectivity index (χ3v) is 4.15. The van der Waals surface area contributed by atoms with Crippen molar-refractivity contribution in [1.29, 1.82) is 0 Å². The normalized spacial score (nSPS) is 11.3. The second-order valence-corrected chi connectivity index (χ2v) is 5.80. The molecule has 3 aromatic rings. The summed E-state index contributed by atoms with van der Waals surface area (Å²) < 4.78 is 30.1. The van der Waals surface area contributed by atoms with Gasteiger partial charge in [-0.3, -0.25) is 4.57 Å². The van der Waals surface area contributed by atoms with Gasteiger partial charge in [0.2, 0.25) is 0 Å². The zero-order valence-corrected chi connectivity index (χ0v) is 13.3. The Balaban J connectivity index is 2.45. The van der Waals surface area contributed by atoms with Gasteiger partial charge in [0.1, 0.15) is 11.3 Å². The van der Waals surface area contributed by atoms with Gasteiger partial charge in [-0.15, -0.1) is 11.6 Å². The van der Waals surface area contributed by atoms with Crippen molar-refractivity contribution < 1.29 is 8.78 Å². The van der Waals surface area contributed by atoms with Gasteiger partial charge in [0.15, 0.2) is 11.6 Å². The third kappa shape index (κ3) is 2.34. The first-order valence-corrected chi connectivity index (χ1v) is 7.53. The lowest BCUT2D eigenvalue weighted by molar-refractivity contribution is 0.514. The molecule has 0 fully saturated rings. The lowest BCUT2D eigenvalue weighted by atomic mass is 10.2. The smallest absolute Gasteiger partial charge is 0.185 e. The molecule has 0 aliphatic heterocycles.